The Morgan fingerprint density at radius 2 is 0.889 bits per heavy atom. The van der Waals surface area contributed by atoms with Gasteiger partial charge in [0.2, 0.25) is 0 Å². The Morgan fingerprint density at radius 3 is 1.52 bits per heavy atom. The van der Waals surface area contributed by atoms with Crippen LogP contribution in [0.3, 0.4) is 0 Å². The summed E-state index contributed by atoms with van der Waals surface area (Å²) in [6.45, 7) is 0. The van der Waals surface area contributed by atoms with E-state index in [0.717, 1.165) is 29.9 Å². The normalized spacial score (nSPS) is 13.7. The van der Waals surface area contributed by atoms with Gasteiger partial charge in [0.1, 0.15) is 0 Å². The standard InChI is InChI=1S/C62H49N/c1-6-17-47(18-7-1)50-30-34-54(35-31-50)61(55-36-32-51(33-37-55)48-19-8-2-9-20-48)43-46-29-42-60(62(44-46)52-23-12-4-13-24-52)53-38-40-58(41-39-53)63(57-26-14-5-15-27-57)59-28-16-25-56(45-59)49-21-10-3-11-22-49/h1-19,21-42,44-45,48,61H,20,43H2. The Labute approximate surface area is 372 Å². The van der Waals surface area contributed by atoms with Crippen LogP contribution in [0.2, 0.25) is 0 Å². The van der Waals surface area contributed by atoms with Crippen LogP contribution in [0.1, 0.15) is 40.5 Å². The minimum absolute atomic E-state index is 0.184. The first-order valence-electron chi connectivity index (χ1n) is 22.1. The van der Waals surface area contributed by atoms with E-state index in [4.69, 9.17) is 0 Å². The predicted molar refractivity (Wildman–Crippen MR) is 267 cm³/mol. The summed E-state index contributed by atoms with van der Waals surface area (Å²) >= 11 is 0. The van der Waals surface area contributed by atoms with Gasteiger partial charge in [0, 0.05) is 28.9 Å². The fourth-order valence-corrected chi connectivity index (χ4v) is 9.10. The quantitative estimate of drug-likeness (QED) is 0.119. The van der Waals surface area contributed by atoms with Crippen LogP contribution in [-0.2, 0) is 6.42 Å². The third-order valence-corrected chi connectivity index (χ3v) is 12.4. The molecule has 9 aromatic rings. The second kappa shape index (κ2) is 18.5. The van der Waals surface area contributed by atoms with Crippen molar-refractivity contribution in [3.63, 3.8) is 0 Å². The van der Waals surface area contributed by atoms with Crippen LogP contribution in [0.5, 0.6) is 0 Å². The Bertz CT molecular complexity index is 2950. The molecule has 0 bridgehead atoms. The molecule has 9 aromatic carbocycles. The van der Waals surface area contributed by atoms with Gasteiger partial charge in [0.25, 0.3) is 0 Å². The molecule has 0 aliphatic heterocycles. The first-order chi connectivity index (χ1) is 31.2. The van der Waals surface area contributed by atoms with Crippen LogP contribution in [-0.4, -0.2) is 0 Å². The van der Waals surface area contributed by atoms with Gasteiger partial charge in [0.15, 0.2) is 0 Å². The van der Waals surface area contributed by atoms with Gasteiger partial charge in [-0.1, -0.05) is 224 Å². The van der Waals surface area contributed by atoms with Crippen LogP contribution >= 0.6 is 0 Å². The zero-order valence-electron chi connectivity index (χ0n) is 35.3. The summed E-state index contributed by atoms with van der Waals surface area (Å²) < 4.78 is 0. The van der Waals surface area contributed by atoms with Crippen molar-refractivity contribution in [3.8, 4) is 44.5 Å². The molecule has 0 N–H and O–H groups in total. The molecule has 63 heavy (non-hydrogen) atoms. The number of para-hydroxylation sites is 1. The van der Waals surface area contributed by atoms with Crippen molar-refractivity contribution in [2.24, 2.45) is 0 Å². The Balaban J connectivity index is 1.00. The van der Waals surface area contributed by atoms with Crippen molar-refractivity contribution in [2.45, 2.75) is 24.7 Å². The van der Waals surface area contributed by atoms with E-state index in [1.165, 1.54) is 66.8 Å². The summed E-state index contributed by atoms with van der Waals surface area (Å²) in [5, 5.41) is 0. The first kappa shape index (κ1) is 39.4. The molecule has 1 heteroatoms. The maximum absolute atomic E-state index is 2.43. The summed E-state index contributed by atoms with van der Waals surface area (Å²) in [7, 11) is 0. The first-order valence-corrected chi connectivity index (χ1v) is 22.1. The minimum atomic E-state index is 0.184. The molecular formula is C62H49N. The van der Waals surface area contributed by atoms with E-state index in [0.29, 0.717) is 5.92 Å². The summed E-state index contributed by atoms with van der Waals surface area (Å²) in [6, 6.07) is 86.5. The molecule has 0 fully saturated rings. The smallest absolute Gasteiger partial charge is 0.0467 e. The number of benzene rings is 9. The Hall–Kier alpha value is -7.74. The van der Waals surface area contributed by atoms with Crippen molar-refractivity contribution in [1.82, 2.24) is 0 Å². The van der Waals surface area contributed by atoms with Gasteiger partial charge in [-0.25, -0.2) is 0 Å². The molecule has 2 atom stereocenters. The number of hydrogen-bond acceptors (Lipinski definition) is 1. The third kappa shape index (κ3) is 8.87. The molecule has 2 unspecified atom stereocenters. The van der Waals surface area contributed by atoms with Crippen molar-refractivity contribution in [2.75, 3.05) is 4.90 Å². The van der Waals surface area contributed by atoms with Crippen LogP contribution in [0.15, 0.2) is 261 Å². The molecule has 0 saturated heterocycles. The second-order valence-electron chi connectivity index (χ2n) is 16.4. The maximum Gasteiger partial charge on any atom is 0.0467 e. The van der Waals surface area contributed by atoms with Gasteiger partial charge in [-0.05, 0) is 116 Å². The van der Waals surface area contributed by atoms with Gasteiger partial charge >= 0.3 is 0 Å². The van der Waals surface area contributed by atoms with Crippen molar-refractivity contribution >= 4 is 17.1 Å². The summed E-state index contributed by atoms with van der Waals surface area (Å²) in [4.78, 5) is 2.35. The topological polar surface area (TPSA) is 3.24 Å². The highest BCUT2D eigenvalue weighted by molar-refractivity contribution is 5.86. The highest BCUT2D eigenvalue weighted by Gasteiger charge is 2.20. The largest absolute Gasteiger partial charge is 0.310 e. The van der Waals surface area contributed by atoms with Gasteiger partial charge in [0.05, 0.1) is 0 Å². The molecule has 0 saturated carbocycles. The van der Waals surface area contributed by atoms with E-state index in [2.05, 4.69) is 266 Å². The Morgan fingerprint density at radius 1 is 0.381 bits per heavy atom. The van der Waals surface area contributed by atoms with Gasteiger partial charge < -0.3 is 4.90 Å². The average molecular weight is 808 g/mol. The lowest BCUT2D eigenvalue weighted by Crippen LogP contribution is -2.09. The number of hydrogen-bond donors (Lipinski definition) is 0. The number of allylic oxidation sites excluding steroid dienone is 4. The molecule has 302 valence electrons. The predicted octanol–water partition coefficient (Wildman–Crippen LogP) is 16.8. The lowest BCUT2D eigenvalue weighted by Gasteiger charge is -2.26. The zero-order chi connectivity index (χ0) is 42.2. The molecule has 10 rings (SSSR count). The van der Waals surface area contributed by atoms with Crippen LogP contribution in [0.4, 0.5) is 17.1 Å². The fraction of sp³-hybridized carbons (Fsp3) is 0.0645. The average Bonchev–Trinajstić information content (AvgIpc) is 3.37. The number of anilines is 3. The van der Waals surface area contributed by atoms with Crippen molar-refractivity contribution in [1.29, 1.82) is 0 Å². The Kier molecular flexibility index (Phi) is 11.6. The highest BCUT2D eigenvalue weighted by atomic mass is 15.1. The fourth-order valence-electron chi connectivity index (χ4n) is 9.10. The van der Waals surface area contributed by atoms with E-state index in [9.17, 15) is 0 Å². The van der Waals surface area contributed by atoms with E-state index < -0.39 is 0 Å². The highest BCUT2D eigenvalue weighted by Crippen LogP contribution is 2.40. The second-order valence-corrected chi connectivity index (χ2v) is 16.4. The minimum Gasteiger partial charge on any atom is -0.310 e. The molecule has 1 nitrogen and oxygen atoms in total. The molecule has 0 aromatic heterocycles. The molecule has 1 aliphatic carbocycles. The zero-order valence-corrected chi connectivity index (χ0v) is 35.3. The van der Waals surface area contributed by atoms with E-state index in [-0.39, 0.29) is 5.92 Å². The lowest BCUT2D eigenvalue weighted by atomic mass is 9.82. The monoisotopic (exact) mass is 807 g/mol. The molecular weight excluding hydrogens is 759 g/mol. The molecule has 0 heterocycles. The molecule has 0 amide bonds. The molecule has 1 aliphatic rings. The van der Waals surface area contributed by atoms with Crippen LogP contribution < -0.4 is 4.90 Å². The van der Waals surface area contributed by atoms with E-state index in [1.807, 2.05) is 0 Å². The van der Waals surface area contributed by atoms with Gasteiger partial charge in [-0.3, -0.25) is 0 Å². The van der Waals surface area contributed by atoms with Crippen LogP contribution in [0.25, 0.3) is 44.5 Å². The lowest BCUT2D eigenvalue weighted by molar-refractivity contribution is 0.800. The van der Waals surface area contributed by atoms with Crippen LogP contribution in [0, 0.1) is 0 Å². The van der Waals surface area contributed by atoms with Gasteiger partial charge in [-0.15, -0.1) is 0 Å². The maximum atomic E-state index is 2.43. The van der Waals surface area contributed by atoms with Gasteiger partial charge in [-0.2, -0.15) is 0 Å². The summed E-state index contributed by atoms with van der Waals surface area (Å²) in [5.74, 6) is 0.610. The molecule has 0 spiro atoms. The summed E-state index contributed by atoms with van der Waals surface area (Å²) in [6.07, 6.45) is 10.8. The number of nitrogens with zero attached hydrogens (tertiary/aromatic N) is 1. The number of rotatable bonds is 12. The summed E-state index contributed by atoms with van der Waals surface area (Å²) in [5.41, 5.74) is 18.4. The van der Waals surface area contributed by atoms with E-state index in [1.54, 1.807) is 0 Å². The molecule has 0 radical (unpaired) electrons. The SMILES string of the molecule is C1=CCC(c2ccc(C(Cc3ccc(-c4ccc(N(c5ccccc5)c5cccc(-c6ccccc6)c5)cc4)c(-c4ccccc4)c3)c3ccc(-c4ccccc4)cc3)cc2)C=C1. The van der Waals surface area contributed by atoms with Crippen molar-refractivity contribution in [3.05, 3.63) is 283 Å². The van der Waals surface area contributed by atoms with E-state index >= 15 is 0 Å². The third-order valence-electron chi connectivity index (χ3n) is 12.4. The van der Waals surface area contributed by atoms with Crippen molar-refractivity contribution < 1.29 is 0 Å².